The summed E-state index contributed by atoms with van der Waals surface area (Å²) in [6.07, 6.45) is 0.211. The first-order valence-electron chi connectivity index (χ1n) is 8.02. The van der Waals surface area contributed by atoms with Gasteiger partial charge >= 0.3 is 5.97 Å². The predicted octanol–water partition coefficient (Wildman–Crippen LogP) is 4.72. The van der Waals surface area contributed by atoms with Gasteiger partial charge in [0.15, 0.2) is 5.13 Å². The zero-order valence-electron chi connectivity index (χ0n) is 13.5. The molecular weight excluding hydrogens is 347 g/mol. The normalized spacial score (nSPS) is 21.4. The highest BCUT2D eigenvalue weighted by Crippen LogP contribution is 2.52. The fraction of sp³-hybridized carbons (Fsp3) is 0.316. The molecule has 132 valence electrons. The number of esters is 1. The maximum absolute atomic E-state index is 13.1. The van der Waals surface area contributed by atoms with Crippen LogP contribution in [0.1, 0.15) is 12.8 Å². The summed E-state index contributed by atoms with van der Waals surface area (Å²) >= 11 is 5.45. The van der Waals surface area contributed by atoms with Crippen molar-refractivity contribution in [2.24, 2.45) is 5.92 Å². The highest BCUT2D eigenvalue weighted by molar-refractivity contribution is 6.25. The zero-order valence-corrected chi connectivity index (χ0v) is 14.2. The van der Waals surface area contributed by atoms with E-state index in [0.29, 0.717) is 11.5 Å². The SMILES string of the molecule is O=C(CC1CC1(F)Cl)OCCOc1ccc(Oc2ccccc2)cc1. The Morgan fingerprint density at radius 1 is 1.04 bits per heavy atom. The van der Waals surface area contributed by atoms with Crippen LogP contribution in [0.2, 0.25) is 0 Å². The fourth-order valence-electron chi connectivity index (χ4n) is 2.29. The van der Waals surface area contributed by atoms with E-state index in [2.05, 4.69) is 0 Å². The van der Waals surface area contributed by atoms with E-state index in [1.807, 2.05) is 30.3 Å². The van der Waals surface area contributed by atoms with Gasteiger partial charge in [0.25, 0.3) is 0 Å². The minimum Gasteiger partial charge on any atom is -0.490 e. The molecule has 2 aromatic carbocycles. The predicted molar refractivity (Wildman–Crippen MR) is 91.8 cm³/mol. The van der Waals surface area contributed by atoms with Gasteiger partial charge in [0.1, 0.15) is 30.5 Å². The van der Waals surface area contributed by atoms with Crippen LogP contribution >= 0.6 is 11.6 Å². The van der Waals surface area contributed by atoms with E-state index < -0.39 is 17.0 Å². The monoisotopic (exact) mass is 364 g/mol. The molecule has 1 fully saturated rings. The number of benzene rings is 2. The first-order chi connectivity index (χ1) is 12.0. The number of hydrogen-bond donors (Lipinski definition) is 0. The summed E-state index contributed by atoms with van der Waals surface area (Å²) in [4.78, 5) is 11.5. The number of alkyl halides is 2. The molecule has 0 heterocycles. The maximum atomic E-state index is 13.1. The molecule has 0 aromatic heterocycles. The molecule has 0 N–H and O–H groups in total. The Morgan fingerprint density at radius 3 is 2.28 bits per heavy atom. The van der Waals surface area contributed by atoms with Crippen molar-refractivity contribution in [1.29, 1.82) is 0 Å². The molecule has 3 rings (SSSR count). The van der Waals surface area contributed by atoms with Gasteiger partial charge in [-0.25, -0.2) is 4.39 Å². The number of halogens is 2. The number of ether oxygens (including phenoxy) is 3. The summed E-state index contributed by atoms with van der Waals surface area (Å²) in [5, 5.41) is -1.72. The molecule has 2 atom stereocenters. The third-order valence-electron chi connectivity index (χ3n) is 3.79. The smallest absolute Gasteiger partial charge is 0.306 e. The fourth-order valence-corrected chi connectivity index (χ4v) is 2.56. The van der Waals surface area contributed by atoms with Crippen LogP contribution in [0.4, 0.5) is 4.39 Å². The molecular formula is C19H18ClFO4. The molecule has 25 heavy (non-hydrogen) atoms. The Bertz CT molecular complexity index is 703. The third-order valence-corrected chi connectivity index (χ3v) is 4.25. The van der Waals surface area contributed by atoms with Crippen LogP contribution < -0.4 is 9.47 Å². The Hall–Kier alpha value is -2.27. The molecule has 0 saturated heterocycles. The summed E-state index contributed by atoms with van der Waals surface area (Å²) in [5.74, 6) is 1.21. The molecule has 0 radical (unpaired) electrons. The highest BCUT2D eigenvalue weighted by atomic mass is 35.5. The van der Waals surface area contributed by atoms with Crippen LogP contribution in [0.25, 0.3) is 0 Å². The highest BCUT2D eigenvalue weighted by Gasteiger charge is 2.55. The first-order valence-corrected chi connectivity index (χ1v) is 8.40. The van der Waals surface area contributed by atoms with Crippen molar-refractivity contribution in [3.8, 4) is 17.2 Å². The van der Waals surface area contributed by atoms with Crippen molar-refractivity contribution in [3.05, 3.63) is 54.6 Å². The molecule has 0 spiro atoms. The van der Waals surface area contributed by atoms with Crippen molar-refractivity contribution in [3.63, 3.8) is 0 Å². The van der Waals surface area contributed by atoms with Gasteiger partial charge in [-0.05, 0) is 36.4 Å². The Morgan fingerprint density at radius 2 is 1.64 bits per heavy atom. The standard InChI is InChI=1S/C19H18ClFO4/c20-19(21)13-14(19)12-18(22)24-11-10-23-15-6-8-17(9-7-15)25-16-4-2-1-3-5-16/h1-9,14H,10-13H2. The van der Waals surface area contributed by atoms with Crippen LogP contribution in [-0.4, -0.2) is 24.3 Å². The van der Waals surface area contributed by atoms with Crippen molar-refractivity contribution >= 4 is 17.6 Å². The van der Waals surface area contributed by atoms with Crippen LogP contribution in [0.5, 0.6) is 17.2 Å². The first kappa shape index (κ1) is 17.5. The van der Waals surface area contributed by atoms with E-state index in [1.165, 1.54) is 0 Å². The Balaban J connectivity index is 1.35. The molecule has 2 aromatic rings. The molecule has 0 aliphatic heterocycles. The lowest BCUT2D eigenvalue weighted by atomic mass is 10.3. The lowest BCUT2D eigenvalue weighted by Crippen LogP contribution is -2.13. The Kier molecular flexibility index (Phi) is 5.43. The van der Waals surface area contributed by atoms with Gasteiger partial charge in [-0.3, -0.25) is 4.79 Å². The second-order valence-electron chi connectivity index (χ2n) is 5.82. The number of carbonyl (C=O) groups excluding carboxylic acids is 1. The average molecular weight is 365 g/mol. The summed E-state index contributed by atoms with van der Waals surface area (Å²) in [6.45, 7) is 0.326. The number of carbonyl (C=O) groups is 1. The molecule has 1 aliphatic rings. The largest absolute Gasteiger partial charge is 0.490 e. The van der Waals surface area contributed by atoms with Crippen molar-refractivity contribution in [1.82, 2.24) is 0 Å². The summed E-state index contributed by atoms with van der Waals surface area (Å²) in [5.41, 5.74) is 0. The van der Waals surface area contributed by atoms with E-state index in [-0.39, 0.29) is 26.1 Å². The second-order valence-corrected chi connectivity index (χ2v) is 6.45. The summed E-state index contributed by atoms with van der Waals surface area (Å²) in [7, 11) is 0. The van der Waals surface area contributed by atoms with E-state index in [9.17, 15) is 9.18 Å². The van der Waals surface area contributed by atoms with Gasteiger partial charge in [0, 0.05) is 12.3 Å². The summed E-state index contributed by atoms with van der Waals surface area (Å²) < 4.78 is 29.3. The Labute approximate surface area is 150 Å². The number of hydrogen-bond acceptors (Lipinski definition) is 4. The molecule has 0 amide bonds. The number of rotatable bonds is 8. The van der Waals surface area contributed by atoms with Crippen LogP contribution in [0, 0.1) is 5.92 Å². The third kappa shape index (κ3) is 5.36. The molecule has 4 nitrogen and oxygen atoms in total. The van der Waals surface area contributed by atoms with Crippen molar-refractivity contribution < 1.29 is 23.4 Å². The topological polar surface area (TPSA) is 44.8 Å². The molecule has 1 saturated carbocycles. The average Bonchev–Trinajstić information content (AvgIpc) is 3.20. The van der Waals surface area contributed by atoms with Gasteiger partial charge in [0.05, 0.1) is 6.42 Å². The zero-order chi connectivity index (χ0) is 17.7. The molecule has 0 bridgehead atoms. The minimum atomic E-state index is -1.72. The van der Waals surface area contributed by atoms with E-state index in [4.69, 9.17) is 25.8 Å². The molecule has 6 heteroatoms. The van der Waals surface area contributed by atoms with Gasteiger partial charge in [-0.1, -0.05) is 29.8 Å². The van der Waals surface area contributed by atoms with Crippen LogP contribution in [0.15, 0.2) is 54.6 Å². The van der Waals surface area contributed by atoms with E-state index in [1.54, 1.807) is 24.3 Å². The van der Waals surface area contributed by atoms with Gasteiger partial charge in [-0.15, -0.1) is 0 Å². The summed E-state index contributed by atoms with van der Waals surface area (Å²) in [6, 6.07) is 16.6. The van der Waals surface area contributed by atoms with E-state index >= 15 is 0 Å². The molecule has 2 unspecified atom stereocenters. The van der Waals surface area contributed by atoms with Gasteiger partial charge in [0.2, 0.25) is 0 Å². The maximum Gasteiger partial charge on any atom is 0.306 e. The quantitative estimate of drug-likeness (QED) is 0.386. The van der Waals surface area contributed by atoms with Gasteiger partial charge < -0.3 is 14.2 Å². The van der Waals surface area contributed by atoms with Crippen molar-refractivity contribution in [2.75, 3.05) is 13.2 Å². The lowest BCUT2D eigenvalue weighted by Gasteiger charge is -2.09. The van der Waals surface area contributed by atoms with E-state index in [0.717, 1.165) is 5.75 Å². The van der Waals surface area contributed by atoms with Crippen LogP contribution in [-0.2, 0) is 9.53 Å². The minimum absolute atomic E-state index is 0.00548. The number of para-hydroxylation sites is 1. The van der Waals surface area contributed by atoms with Crippen molar-refractivity contribution in [2.45, 2.75) is 18.0 Å². The molecule has 1 aliphatic carbocycles. The second kappa shape index (κ2) is 7.74. The lowest BCUT2D eigenvalue weighted by molar-refractivity contribution is -0.144. The van der Waals surface area contributed by atoms with Gasteiger partial charge in [-0.2, -0.15) is 0 Å². The van der Waals surface area contributed by atoms with Crippen LogP contribution in [0.3, 0.4) is 0 Å².